The molecule has 0 spiro atoms. The van der Waals surface area contributed by atoms with Crippen LogP contribution in [0.15, 0.2) is 30.3 Å². The molecule has 0 atom stereocenters. The number of methoxy groups -OCH3 is 1. The topological polar surface area (TPSA) is 43.4 Å². The number of nitrogens with zero attached hydrogens (tertiary/aromatic N) is 1. The number of pyridine rings is 1. The third kappa shape index (κ3) is 3.88. The van der Waals surface area contributed by atoms with Gasteiger partial charge in [0.15, 0.2) is 17.4 Å². The van der Waals surface area contributed by atoms with Crippen LogP contribution >= 0.6 is 0 Å². The predicted molar refractivity (Wildman–Crippen MR) is 74.2 cm³/mol. The molecule has 4 nitrogen and oxygen atoms in total. The molecule has 0 saturated carbocycles. The van der Waals surface area contributed by atoms with E-state index >= 15 is 0 Å². The Morgan fingerprint density at radius 2 is 1.90 bits per heavy atom. The molecule has 6 heteroatoms. The predicted octanol–water partition coefficient (Wildman–Crippen LogP) is 2.67. The van der Waals surface area contributed by atoms with Crippen LogP contribution in [0.4, 0.5) is 8.78 Å². The molecule has 0 radical (unpaired) electrons. The van der Waals surface area contributed by atoms with Crippen molar-refractivity contribution in [2.24, 2.45) is 0 Å². The Bertz CT molecular complexity index is 597. The molecular formula is C15H16F2N2O2. The minimum atomic E-state index is -0.733. The van der Waals surface area contributed by atoms with Crippen LogP contribution in [0.2, 0.25) is 0 Å². The second kappa shape index (κ2) is 6.99. The van der Waals surface area contributed by atoms with Crippen LogP contribution in [0.1, 0.15) is 11.3 Å². The minimum absolute atomic E-state index is 0.0452. The third-order valence-electron chi connectivity index (χ3n) is 2.79. The van der Waals surface area contributed by atoms with Gasteiger partial charge in [0.2, 0.25) is 5.88 Å². The number of rotatable bonds is 6. The van der Waals surface area contributed by atoms with Crippen molar-refractivity contribution in [3.8, 4) is 11.6 Å². The van der Waals surface area contributed by atoms with Crippen molar-refractivity contribution in [2.75, 3.05) is 14.2 Å². The van der Waals surface area contributed by atoms with Crippen LogP contribution in [0.25, 0.3) is 0 Å². The Kier molecular flexibility index (Phi) is 5.05. The molecule has 1 aromatic heterocycles. The van der Waals surface area contributed by atoms with Gasteiger partial charge in [0, 0.05) is 12.6 Å². The first-order chi connectivity index (χ1) is 10.1. The van der Waals surface area contributed by atoms with E-state index < -0.39 is 17.4 Å². The molecule has 0 aliphatic rings. The summed E-state index contributed by atoms with van der Waals surface area (Å²) >= 11 is 0. The Balaban J connectivity index is 2.12. The molecule has 112 valence electrons. The first kappa shape index (κ1) is 15.2. The van der Waals surface area contributed by atoms with E-state index in [1.807, 2.05) is 0 Å². The molecule has 2 aromatic rings. The first-order valence-electron chi connectivity index (χ1n) is 6.39. The van der Waals surface area contributed by atoms with Crippen LogP contribution in [-0.2, 0) is 13.2 Å². The lowest BCUT2D eigenvalue weighted by Crippen LogP contribution is -2.07. The Hall–Kier alpha value is -2.21. The highest BCUT2D eigenvalue weighted by Gasteiger charge is 2.13. The molecule has 0 amide bonds. The normalized spacial score (nSPS) is 10.5. The lowest BCUT2D eigenvalue weighted by atomic mass is 10.2. The van der Waals surface area contributed by atoms with Crippen molar-refractivity contribution in [1.29, 1.82) is 0 Å². The fourth-order valence-electron chi connectivity index (χ4n) is 1.85. The quantitative estimate of drug-likeness (QED) is 0.889. The second-order valence-electron chi connectivity index (χ2n) is 4.38. The highest BCUT2D eigenvalue weighted by molar-refractivity contribution is 5.31. The maximum atomic E-state index is 13.8. The molecule has 0 unspecified atom stereocenters. The van der Waals surface area contributed by atoms with E-state index in [0.717, 1.165) is 0 Å². The summed E-state index contributed by atoms with van der Waals surface area (Å²) in [5.74, 6) is -1.45. The first-order valence-corrected chi connectivity index (χ1v) is 6.39. The summed E-state index contributed by atoms with van der Waals surface area (Å²) in [6.07, 6.45) is 0. The average Bonchev–Trinajstić information content (AvgIpc) is 2.47. The number of nitrogens with one attached hydrogen (secondary N) is 1. The van der Waals surface area contributed by atoms with Gasteiger partial charge in [-0.25, -0.2) is 13.8 Å². The van der Waals surface area contributed by atoms with Gasteiger partial charge in [-0.15, -0.1) is 0 Å². The molecule has 0 aliphatic heterocycles. The van der Waals surface area contributed by atoms with E-state index in [1.54, 1.807) is 25.2 Å². The van der Waals surface area contributed by atoms with Gasteiger partial charge in [0.05, 0.1) is 12.8 Å². The molecule has 0 saturated heterocycles. The van der Waals surface area contributed by atoms with Gasteiger partial charge in [0.1, 0.15) is 6.61 Å². The van der Waals surface area contributed by atoms with Gasteiger partial charge in [-0.2, -0.15) is 0 Å². The van der Waals surface area contributed by atoms with Gasteiger partial charge >= 0.3 is 0 Å². The Morgan fingerprint density at radius 3 is 2.52 bits per heavy atom. The highest BCUT2D eigenvalue weighted by atomic mass is 19.1. The number of benzene rings is 1. The maximum Gasteiger partial charge on any atom is 0.213 e. The average molecular weight is 294 g/mol. The van der Waals surface area contributed by atoms with Crippen molar-refractivity contribution < 1.29 is 18.3 Å². The summed E-state index contributed by atoms with van der Waals surface area (Å²) in [6.45, 7) is 0.335. The van der Waals surface area contributed by atoms with Crippen molar-refractivity contribution in [3.63, 3.8) is 0 Å². The molecule has 0 fully saturated rings. The van der Waals surface area contributed by atoms with Crippen LogP contribution in [0, 0.1) is 11.6 Å². The van der Waals surface area contributed by atoms with Crippen LogP contribution in [0.3, 0.4) is 0 Å². The molecule has 1 heterocycles. The van der Waals surface area contributed by atoms with Gasteiger partial charge in [-0.1, -0.05) is 6.07 Å². The molecule has 2 rings (SSSR count). The van der Waals surface area contributed by atoms with E-state index in [-0.39, 0.29) is 6.61 Å². The summed E-state index contributed by atoms with van der Waals surface area (Å²) in [5.41, 5.74) is 1.03. The van der Waals surface area contributed by atoms with Crippen LogP contribution in [0.5, 0.6) is 11.6 Å². The second-order valence-corrected chi connectivity index (χ2v) is 4.38. The van der Waals surface area contributed by atoms with Crippen molar-refractivity contribution in [1.82, 2.24) is 10.3 Å². The van der Waals surface area contributed by atoms with Gasteiger partial charge in [-0.05, 0) is 30.8 Å². The van der Waals surface area contributed by atoms with Gasteiger partial charge in [-0.3, -0.25) is 0 Å². The summed E-state index contributed by atoms with van der Waals surface area (Å²) in [6, 6.07) is 7.58. The number of ether oxygens (including phenoxy) is 2. The SMILES string of the molecule is CNCc1cc(F)c(OCc2cccc(OC)n2)c(F)c1. The summed E-state index contributed by atoms with van der Waals surface area (Å²) in [7, 11) is 3.20. The highest BCUT2D eigenvalue weighted by Crippen LogP contribution is 2.24. The third-order valence-corrected chi connectivity index (χ3v) is 2.79. The van der Waals surface area contributed by atoms with Crippen molar-refractivity contribution in [3.05, 3.63) is 53.2 Å². The van der Waals surface area contributed by atoms with E-state index in [4.69, 9.17) is 9.47 Å². The smallest absolute Gasteiger partial charge is 0.213 e. The largest absolute Gasteiger partial charge is 0.481 e. The fraction of sp³-hybridized carbons (Fsp3) is 0.267. The zero-order valence-corrected chi connectivity index (χ0v) is 11.8. The Morgan fingerprint density at radius 1 is 1.19 bits per heavy atom. The molecule has 0 aliphatic carbocycles. The zero-order valence-electron chi connectivity index (χ0n) is 11.8. The van der Waals surface area contributed by atoms with Crippen molar-refractivity contribution >= 4 is 0 Å². The lowest BCUT2D eigenvalue weighted by molar-refractivity contribution is 0.268. The van der Waals surface area contributed by atoms with Crippen LogP contribution in [-0.4, -0.2) is 19.1 Å². The van der Waals surface area contributed by atoms with E-state index in [9.17, 15) is 8.78 Å². The number of halogens is 2. The van der Waals surface area contributed by atoms with Crippen LogP contribution < -0.4 is 14.8 Å². The molecular weight excluding hydrogens is 278 g/mol. The number of hydrogen-bond donors (Lipinski definition) is 1. The van der Waals surface area contributed by atoms with Gasteiger partial charge in [0.25, 0.3) is 0 Å². The lowest BCUT2D eigenvalue weighted by Gasteiger charge is -2.10. The number of aromatic nitrogens is 1. The van der Waals surface area contributed by atoms with E-state index in [2.05, 4.69) is 10.3 Å². The van der Waals surface area contributed by atoms with Gasteiger partial charge < -0.3 is 14.8 Å². The standard InChI is InChI=1S/C15H16F2N2O2/c1-18-8-10-6-12(16)15(13(17)7-10)21-9-11-4-3-5-14(19-11)20-2/h3-7,18H,8-9H2,1-2H3. The van der Waals surface area contributed by atoms with E-state index in [1.165, 1.54) is 19.2 Å². The van der Waals surface area contributed by atoms with Crippen molar-refractivity contribution in [2.45, 2.75) is 13.2 Å². The zero-order chi connectivity index (χ0) is 15.2. The fourth-order valence-corrected chi connectivity index (χ4v) is 1.85. The molecule has 1 N–H and O–H groups in total. The molecule has 1 aromatic carbocycles. The monoisotopic (exact) mass is 294 g/mol. The summed E-state index contributed by atoms with van der Waals surface area (Å²) in [4.78, 5) is 4.11. The summed E-state index contributed by atoms with van der Waals surface area (Å²) < 4.78 is 37.9. The molecule has 0 bridgehead atoms. The summed E-state index contributed by atoms with van der Waals surface area (Å²) in [5, 5.41) is 2.83. The number of hydrogen-bond acceptors (Lipinski definition) is 4. The molecule has 21 heavy (non-hydrogen) atoms. The Labute approximate surface area is 121 Å². The maximum absolute atomic E-state index is 13.8. The minimum Gasteiger partial charge on any atom is -0.481 e. The van der Waals surface area contributed by atoms with E-state index in [0.29, 0.717) is 23.7 Å².